The number of aliphatic imine (C=N–C) groups is 1. The number of carbonyl (C=O) groups is 1. The summed E-state index contributed by atoms with van der Waals surface area (Å²) < 4.78 is 10.6. The molecule has 1 aromatic rings. The molecule has 162 valence electrons. The number of hydrogen-bond donors (Lipinski definition) is 3. The van der Waals surface area contributed by atoms with Crippen LogP contribution in [0.3, 0.4) is 0 Å². The van der Waals surface area contributed by atoms with Crippen LogP contribution in [0.4, 0.5) is 4.79 Å². The van der Waals surface area contributed by atoms with Gasteiger partial charge < -0.3 is 25.2 Å². The van der Waals surface area contributed by atoms with Crippen LogP contribution in [0.1, 0.15) is 72.8 Å². The first-order valence-corrected chi connectivity index (χ1v) is 9.40. The molecule has 0 atom stereocenters. The van der Waals surface area contributed by atoms with Crippen molar-refractivity contribution in [2.75, 3.05) is 13.1 Å². The average molecular weight is 509 g/mol. The second kappa shape index (κ2) is 11.5. The molecule has 0 saturated heterocycles. The Bertz CT molecular complexity index is 636. The molecule has 28 heavy (non-hydrogen) atoms. The fraction of sp³-hybridized carbons (Fsp3) is 0.737. The Morgan fingerprint density at radius 3 is 2.39 bits per heavy atom. The molecule has 1 rings (SSSR count). The van der Waals surface area contributed by atoms with Crippen molar-refractivity contribution in [3.05, 3.63) is 17.5 Å². The van der Waals surface area contributed by atoms with Crippen molar-refractivity contribution in [2.24, 2.45) is 4.99 Å². The van der Waals surface area contributed by atoms with Gasteiger partial charge in [-0.2, -0.15) is 0 Å². The molecule has 0 aliphatic rings. The summed E-state index contributed by atoms with van der Waals surface area (Å²) in [7, 11) is 0. The third kappa shape index (κ3) is 10.7. The monoisotopic (exact) mass is 509 g/mol. The maximum absolute atomic E-state index is 12.0. The largest absolute Gasteiger partial charge is 0.444 e. The Hall–Kier alpha value is -1.52. The second-order valence-corrected chi connectivity index (χ2v) is 8.43. The fourth-order valence-electron chi connectivity index (χ4n) is 2.10. The van der Waals surface area contributed by atoms with Gasteiger partial charge in [-0.3, -0.25) is 0 Å². The molecule has 0 bridgehead atoms. The minimum Gasteiger partial charge on any atom is -0.444 e. The van der Waals surface area contributed by atoms with Crippen molar-refractivity contribution in [3.63, 3.8) is 0 Å². The normalized spacial score (nSPS) is 12.4. The number of rotatable bonds is 7. The molecule has 1 heterocycles. The van der Waals surface area contributed by atoms with Crippen molar-refractivity contribution >= 4 is 36.0 Å². The molecule has 0 fully saturated rings. The molecular formula is C19H36IN5O3. The van der Waals surface area contributed by atoms with Crippen LogP contribution < -0.4 is 16.0 Å². The zero-order valence-electron chi connectivity index (χ0n) is 18.3. The highest BCUT2D eigenvalue weighted by atomic mass is 127. The van der Waals surface area contributed by atoms with E-state index in [-0.39, 0.29) is 24.0 Å². The lowest BCUT2D eigenvalue weighted by atomic mass is 10.1. The van der Waals surface area contributed by atoms with Gasteiger partial charge in [0.2, 0.25) is 0 Å². The molecule has 1 aromatic heterocycles. The minimum atomic E-state index is -0.532. The molecule has 0 saturated carbocycles. The zero-order chi connectivity index (χ0) is 20.7. The first-order valence-electron chi connectivity index (χ1n) is 9.40. The van der Waals surface area contributed by atoms with Crippen LogP contribution in [0, 0.1) is 0 Å². The van der Waals surface area contributed by atoms with Crippen LogP contribution in [0.15, 0.2) is 15.6 Å². The molecule has 0 aromatic carbocycles. The first-order chi connectivity index (χ1) is 12.4. The number of guanidine groups is 1. The number of carbonyl (C=O) groups excluding carboxylic acids is 1. The Morgan fingerprint density at radius 1 is 1.25 bits per heavy atom. The predicted molar refractivity (Wildman–Crippen MR) is 122 cm³/mol. The van der Waals surface area contributed by atoms with E-state index in [1.54, 1.807) is 0 Å². The van der Waals surface area contributed by atoms with Crippen molar-refractivity contribution < 1.29 is 14.1 Å². The summed E-state index contributed by atoms with van der Waals surface area (Å²) in [5.41, 5.74) is -0.133. The summed E-state index contributed by atoms with van der Waals surface area (Å²) in [5, 5.41) is 13.3. The molecule has 1 amide bonds. The van der Waals surface area contributed by atoms with E-state index < -0.39 is 17.2 Å². The van der Waals surface area contributed by atoms with Crippen LogP contribution >= 0.6 is 24.0 Å². The molecule has 9 heteroatoms. The van der Waals surface area contributed by atoms with E-state index in [2.05, 4.69) is 39.9 Å². The Kier molecular flexibility index (Phi) is 10.9. The summed E-state index contributed by atoms with van der Waals surface area (Å²) in [6, 6.07) is 1.92. The Labute approximate surface area is 185 Å². The van der Waals surface area contributed by atoms with Gasteiger partial charge in [0.05, 0.1) is 11.2 Å². The number of hydrogen-bond acceptors (Lipinski definition) is 5. The Morgan fingerprint density at radius 2 is 1.89 bits per heavy atom. The zero-order valence-corrected chi connectivity index (χ0v) is 20.6. The lowest BCUT2D eigenvalue weighted by molar-refractivity contribution is 0.0474. The van der Waals surface area contributed by atoms with Gasteiger partial charge >= 0.3 is 6.09 Å². The maximum atomic E-state index is 12.0. The smallest absolute Gasteiger partial charge is 0.408 e. The van der Waals surface area contributed by atoms with Gasteiger partial charge in [-0.1, -0.05) is 19.0 Å². The molecule has 0 aliphatic carbocycles. The number of nitrogens with zero attached hydrogens (tertiary/aromatic N) is 2. The van der Waals surface area contributed by atoms with E-state index in [1.807, 2.05) is 47.6 Å². The van der Waals surface area contributed by atoms with Crippen molar-refractivity contribution in [2.45, 2.75) is 79.0 Å². The lowest BCUT2D eigenvalue weighted by Gasteiger charge is -2.29. The quantitative estimate of drug-likeness (QED) is 0.294. The number of nitrogens with one attached hydrogen (secondary N) is 3. The van der Waals surface area contributed by atoms with Gasteiger partial charge in [-0.05, 0) is 47.5 Å². The van der Waals surface area contributed by atoms with Crippen LogP contribution in [0.2, 0.25) is 0 Å². The van der Waals surface area contributed by atoms with Crippen LogP contribution in [-0.2, 0) is 11.3 Å². The van der Waals surface area contributed by atoms with E-state index in [9.17, 15) is 4.79 Å². The van der Waals surface area contributed by atoms with Gasteiger partial charge in [0.15, 0.2) is 11.7 Å². The summed E-state index contributed by atoms with van der Waals surface area (Å²) in [6.07, 6.45) is -0.445. The molecule has 3 N–H and O–H groups in total. The Balaban J connectivity index is 0.00000729. The summed E-state index contributed by atoms with van der Waals surface area (Å²) in [4.78, 5) is 16.5. The summed E-state index contributed by atoms with van der Waals surface area (Å²) >= 11 is 0. The predicted octanol–water partition coefficient (Wildman–Crippen LogP) is 3.77. The van der Waals surface area contributed by atoms with Crippen LogP contribution in [0.5, 0.6) is 0 Å². The molecule has 0 aliphatic heterocycles. The third-order valence-corrected chi connectivity index (χ3v) is 3.44. The summed E-state index contributed by atoms with van der Waals surface area (Å²) in [5.74, 6) is 1.67. The van der Waals surface area contributed by atoms with Gasteiger partial charge in [0.25, 0.3) is 0 Å². The van der Waals surface area contributed by atoms with E-state index in [0.717, 1.165) is 12.2 Å². The lowest BCUT2D eigenvalue weighted by Crippen LogP contribution is -2.54. The topological polar surface area (TPSA) is 101 Å². The number of alkyl carbamates (subject to hydrolysis) is 1. The van der Waals surface area contributed by atoms with E-state index >= 15 is 0 Å². The van der Waals surface area contributed by atoms with Crippen molar-refractivity contribution in [1.82, 2.24) is 21.1 Å². The molecule has 0 unspecified atom stereocenters. The van der Waals surface area contributed by atoms with Crippen molar-refractivity contribution in [1.29, 1.82) is 0 Å². The van der Waals surface area contributed by atoms with E-state index in [0.29, 0.717) is 30.7 Å². The maximum Gasteiger partial charge on any atom is 0.408 e. The van der Waals surface area contributed by atoms with Gasteiger partial charge in [0, 0.05) is 19.2 Å². The highest BCUT2D eigenvalue weighted by Crippen LogP contribution is 2.14. The number of amides is 1. The molecular weight excluding hydrogens is 473 g/mol. The fourth-order valence-corrected chi connectivity index (χ4v) is 2.10. The standard InChI is InChI=1S/C19H35N5O3.HI/c1-9-20-16(21-11-14-10-15(13(2)3)24-27-14)22-12-19(7,8)23-17(25)26-18(4,5)6;/h10,13H,9,11-12H2,1-8H3,(H,23,25)(H2,20,21,22);1H. The van der Waals surface area contributed by atoms with Crippen LogP contribution in [0.25, 0.3) is 0 Å². The van der Waals surface area contributed by atoms with E-state index in [1.165, 1.54) is 0 Å². The first kappa shape index (κ1) is 26.5. The van der Waals surface area contributed by atoms with Gasteiger partial charge in [-0.15, -0.1) is 24.0 Å². The highest BCUT2D eigenvalue weighted by molar-refractivity contribution is 14.0. The number of halogens is 1. The van der Waals surface area contributed by atoms with Crippen LogP contribution in [-0.4, -0.2) is 41.4 Å². The van der Waals surface area contributed by atoms with E-state index in [4.69, 9.17) is 9.26 Å². The van der Waals surface area contributed by atoms with Gasteiger partial charge in [0.1, 0.15) is 12.1 Å². The molecule has 0 radical (unpaired) electrons. The van der Waals surface area contributed by atoms with Gasteiger partial charge in [-0.25, -0.2) is 9.79 Å². The SMILES string of the molecule is CCNC(=NCc1cc(C(C)C)no1)NCC(C)(C)NC(=O)OC(C)(C)C.I. The summed E-state index contributed by atoms with van der Waals surface area (Å²) in [6.45, 7) is 17.0. The van der Waals surface area contributed by atoms with Crippen molar-refractivity contribution in [3.8, 4) is 0 Å². The second-order valence-electron chi connectivity index (χ2n) is 8.43. The third-order valence-electron chi connectivity index (χ3n) is 3.44. The number of ether oxygens (including phenoxy) is 1. The average Bonchev–Trinajstić information content (AvgIpc) is 2.96. The highest BCUT2D eigenvalue weighted by Gasteiger charge is 2.24. The molecule has 0 spiro atoms. The molecule has 8 nitrogen and oxygen atoms in total. The number of aromatic nitrogens is 1. The minimum absolute atomic E-state index is 0.